The van der Waals surface area contributed by atoms with Gasteiger partial charge in [0.15, 0.2) is 0 Å². The second kappa shape index (κ2) is 5.03. The second-order valence-corrected chi connectivity index (χ2v) is 3.72. The van der Waals surface area contributed by atoms with Crippen LogP contribution in [0.1, 0.15) is 25.5 Å². The molecule has 1 amide bonds. The summed E-state index contributed by atoms with van der Waals surface area (Å²) in [4.78, 5) is 10.8. The number of rotatable bonds is 4. The first-order chi connectivity index (χ1) is 7.40. The Morgan fingerprint density at radius 2 is 1.75 bits per heavy atom. The first kappa shape index (κ1) is 12.6. The molecule has 1 aromatic carbocycles. The van der Waals surface area contributed by atoms with Crippen molar-refractivity contribution in [2.24, 2.45) is 5.73 Å². The molecular weight excluding hydrogens is 214 g/mol. The van der Waals surface area contributed by atoms with Crippen LogP contribution in [-0.2, 0) is 4.79 Å². The molecule has 16 heavy (non-hydrogen) atoms. The highest BCUT2D eigenvalue weighted by Gasteiger charge is 2.14. The van der Waals surface area contributed by atoms with Gasteiger partial charge in [-0.2, -0.15) is 0 Å². The summed E-state index contributed by atoms with van der Waals surface area (Å²) in [5.41, 5.74) is 5.51. The van der Waals surface area contributed by atoms with Gasteiger partial charge >= 0.3 is 0 Å². The smallest absolute Gasteiger partial charge is 0.234 e. The van der Waals surface area contributed by atoms with Crippen LogP contribution in [0.5, 0.6) is 0 Å². The summed E-state index contributed by atoms with van der Waals surface area (Å²) in [5.74, 6) is -1.80. The zero-order chi connectivity index (χ0) is 12.3. The van der Waals surface area contributed by atoms with E-state index < -0.39 is 23.6 Å². The zero-order valence-electron chi connectivity index (χ0n) is 9.13. The van der Waals surface area contributed by atoms with Crippen molar-refractivity contribution in [2.45, 2.75) is 25.9 Å². The predicted molar refractivity (Wildman–Crippen MR) is 56.6 cm³/mol. The maximum Gasteiger partial charge on any atom is 0.234 e. The first-order valence-corrected chi connectivity index (χ1v) is 4.91. The normalized spacial score (nSPS) is 14.5. The Morgan fingerprint density at radius 3 is 2.19 bits per heavy atom. The van der Waals surface area contributed by atoms with Crippen LogP contribution in [-0.4, -0.2) is 11.9 Å². The maximum atomic E-state index is 12.9. The quantitative estimate of drug-likeness (QED) is 0.820. The van der Waals surface area contributed by atoms with Crippen molar-refractivity contribution in [3.63, 3.8) is 0 Å². The van der Waals surface area contributed by atoms with Gasteiger partial charge in [0, 0.05) is 12.1 Å². The van der Waals surface area contributed by atoms with Crippen LogP contribution >= 0.6 is 0 Å². The van der Waals surface area contributed by atoms with Gasteiger partial charge < -0.3 is 5.73 Å². The number of nitrogens with two attached hydrogens (primary N) is 1. The molecule has 0 aromatic heterocycles. The Balaban J connectivity index is 2.80. The van der Waals surface area contributed by atoms with Gasteiger partial charge in [0.1, 0.15) is 11.6 Å². The molecule has 0 aliphatic carbocycles. The summed E-state index contributed by atoms with van der Waals surface area (Å²) in [7, 11) is 0. The standard InChI is InChI=1S/C11H14F2N2O/c1-6(15-7(2)11(14)16)8-3-9(12)5-10(13)4-8/h3-7,15H,1-2H3,(H2,14,16). The van der Waals surface area contributed by atoms with Gasteiger partial charge in [-0.3, -0.25) is 10.1 Å². The lowest BCUT2D eigenvalue weighted by atomic mass is 10.1. The minimum Gasteiger partial charge on any atom is -0.368 e. The zero-order valence-corrected chi connectivity index (χ0v) is 9.13. The van der Waals surface area contributed by atoms with E-state index in [-0.39, 0.29) is 6.04 Å². The van der Waals surface area contributed by atoms with Crippen LogP contribution in [0.4, 0.5) is 8.78 Å². The molecule has 0 radical (unpaired) electrons. The number of nitrogens with one attached hydrogen (secondary N) is 1. The van der Waals surface area contributed by atoms with E-state index in [0.717, 1.165) is 6.07 Å². The fraction of sp³-hybridized carbons (Fsp3) is 0.364. The molecular formula is C11H14F2N2O. The van der Waals surface area contributed by atoms with Gasteiger partial charge in [-0.05, 0) is 31.5 Å². The summed E-state index contributed by atoms with van der Waals surface area (Å²) in [6.07, 6.45) is 0. The highest BCUT2D eigenvalue weighted by molar-refractivity contribution is 5.79. The molecule has 0 spiro atoms. The molecule has 2 atom stereocenters. The molecule has 2 unspecified atom stereocenters. The van der Waals surface area contributed by atoms with E-state index in [1.165, 1.54) is 12.1 Å². The molecule has 0 heterocycles. The van der Waals surface area contributed by atoms with E-state index in [4.69, 9.17) is 5.73 Å². The lowest BCUT2D eigenvalue weighted by Crippen LogP contribution is -2.40. The van der Waals surface area contributed by atoms with E-state index in [1.807, 2.05) is 0 Å². The molecule has 5 heteroatoms. The van der Waals surface area contributed by atoms with Crippen molar-refractivity contribution >= 4 is 5.91 Å². The number of benzene rings is 1. The van der Waals surface area contributed by atoms with Crippen molar-refractivity contribution in [1.82, 2.24) is 5.32 Å². The summed E-state index contributed by atoms with van der Waals surface area (Å²) in [6.45, 7) is 3.29. The van der Waals surface area contributed by atoms with E-state index in [9.17, 15) is 13.6 Å². The number of halogens is 2. The lowest BCUT2D eigenvalue weighted by molar-refractivity contribution is -0.119. The Kier molecular flexibility index (Phi) is 3.95. The lowest BCUT2D eigenvalue weighted by Gasteiger charge is -2.18. The Morgan fingerprint density at radius 1 is 1.25 bits per heavy atom. The molecule has 0 saturated carbocycles. The van der Waals surface area contributed by atoms with Crippen LogP contribution in [0.2, 0.25) is 0 Å². The van der Waals surface area contributed by atoms with E-state index in [2.05, 4.69) is 5.32 Å². The molecule has 0 saturated heterocycles. The van der Waals surface area contributed by atoms with Gasteiger partial charge in [0.25, 0.3) is 0 Å². The molecule has 3 N–H and O–H groups in total. The largest absolute Gasteiger partial charge is 0.368 e. The first-order valence-electron chi connectivity index (χ1n) is 4.91. The number of carbonyl (C=O) groups is 1. The molecule has 0 fully saturated rings. The summed E-state index contributed by atoms with van der Waals surface area (Å²) in [6, 6.07) is 2.32. The van der Waals surface area contributed by atoms with Gasteiger partial charge in [-0.15, -0.1) is 0 Å². The third kappa shape index (κ3) is 3.27. The third-order valence-corrected chi connectivity index (χ3v) is 2.31. The van der Waals surface area contributed by atoms with Gasteiger partial charge in [0.2, 0.25) is 5.91 Å². The van der Waals surface area contributed by atoms with Crippen molar-refractivity contribution in [3.8, 4) is 0 Å². The van der Waals surface area contributed by atoms with Crippen molar-refractivity contribution in [3.05, 3.63) is 35.4 Å². The number of hydrogen-bond donors (Lipinski definition) is 2. The van der Waals surface area contributed by atoms with E-state index in [0.29, 0.717) is 5.56 Å². The van der Waals surface area contributed by atoms with E-state index in [1.54, 1.807) is 13.8 Å². The Hall–Kier alpha value is -1.49. The van der Waals surface area contributed by atoms with Crippen LogP contribution in [0.25, 0.3) is 0 Å². The van der Waals surface area contributed by atoms with Gasteiger partial charge in [-0.25, -0.2) is 8.78 Å². The average molecular weight is 228 g/mol. The number of hydrogen-bond acceptors (Lipinski definition) is 2. The number of amides is 1. The molecule has 1 rings (SSSR count). The third-order valence-electron chi connectivity index (χ3n) is 2.31. The second-order valence-electron chi connectivity index (χ2n) is 3.72. The number of primary amides is 1. The molecule has 3 nitrogen and oxygen atoms in total. The predicted octanol–water partition coefficient (Wildman–Crippen LogP) is 1.49. The number of carbonyl (C=O) groups excluding carboxylic acids is 1. The van der Waals surface area contributed by atoms with Crippen molar-refractivity contribution in [1.29, 1.82) is 0 Å². The fourth-order valence-corrected chi connectivity index (χ4v) is 1.38. The van der Waals surface area contributed by atoms with Gasteiger partial charge in [-0.1, -0.05) is 0 Å². The molecule has 0 aliphatic rings. The molecule has 88 valence electrons. The minimum absolute atomic E-state index is 0.354. The highest BCUT2D eigenvalue weighted by Crippen LogP contribution is 2.16. The molecule has 0 bridgehead atoms. The Bertz CT molecular complexity index is 375. The van der Waals surface area contributed by atoms with Gasteiger partial charge in [0.05, 0.1) is 6.04 Å². The van der Waals surface area contributed by atoms with E-state index >= 15 is 0 Å². The SMILES string of the molecule is CC(NC(C)c1cc(F)cc(F)c1)C(N)=O. The topological polar surface area (TPSA) is 55.1 Å². The minimum atomic E-state index is -0.643. The average Bonchev–Trinajstić information content (AvgIpc) is 2.15. The monoisotopic (exact) mass is 228 g/mol. The maximum absolute atomic E-state index is 12.9. The Labute approximate surface area is 92.6 Å². The fourth-order valence-electron chi connectivity index (χ4n) is 1.38. The summed E-state index contributed by atoms with van der Waals surface area (Å²) < 4.78 is 25.8. The van der Waals surface area contributed by atoms with Crippen molar-refractivity contribution < 1.29 is 13.6 Å². The summed E-state index contributed by atoms with van der Waals surface area (Å²) >= 11 is 0. The molecule has 1 aromatic rings. The van der Waals surface area contributed by atoms with Crippen LogP contribution in [0.3, 0.4) is 0 Å². The highest BCUT2D eigenvalue weighted by atomic mass is 19.1. The summed E-state index contributed by atoms with van der Waals surface area (Å²) in [5, 5.41) is 2.84. The van der Waals surface area contributed by atoms with Crippen LogP contribution < -0.4 is 11.1 Å². The van der Waals surface area contributed by atoms with Crippen LogP contribution in [0, 0.1) is 11.6 Å². The van der Waals surface area contributed by atoms with Crippen molar-refractivity contribution in [2.75, 3.05) is 0 Å². The molecule has 0 aliphatic heterocycles. The van der Waals surface area contributed by atoms with Crippen LogP contribution in [0.15, 0.2) is 18.2 Å².